The second-order valence-electron chi connectivity index (χ2n) is 6.21. The minimum absolute atomic E-state index is 0.313. The van der Waals surface area contributed by atoms with Crippen molar-refractivity contribution >= 4 is 29.3 Å². The van der Waals surface area contributed by atoms with Gasteiger partial charge in [0.15, 0.2) is 0 Å². The van der Waals surface area contributed by atoms with E-state index >= 15 is 0 Å². The first kappa shape index (κ1) is 13.4. The van der Waals surface area contributed by atoms with E-state index in [4.69, 9.17) is 0 Å². The van der Waals surface area contributed by atoms with E-state index in [0.717, 1.165) is 30.6 Å². The van der Waals surface area contributed by atoms with Gasteiger partial charge in [-0.15, -0.1) is 11.8 Å². The number of carbonyl (C=O) groups is 1. The van der Waals surface area contributed by atoms with Gasteiger partial charge in [0.1, 0.15) is 5.78 Å². The summed E-state index contributed by atoms with van der Waals surface area (Å²) in [5.41, 5.74) is 0. The van der Waals surface area contributed by atoms with Gasteiger partial charge in [-0.25, -0.2) is 0 Å². The average Bonchev–Trinajstić information content (AvgIpc) is 3.01. The van der Waals surface area contributed by atoms with Crippen molar-refractivity contribution in [3.63, 3.8) is 0 Å². The number of fused-ring (bicyclic) bond motifs is 2. The zero-order valence-corrected chi connectivity index (χ0v) is 12.9. The molecular weight excluding hydrogens is 260 g/mol. The fraction of sp³-hybridized carbons (Fsp3) is 0.933. The van der Waals surface area contributed by atoms with Crippen LogP contribution in [0.15, 0.2) is 0 Å². The third-order valence-electron chi connectivity index (χ3n) is 5.12. The minimum Gasteiger partial charge on any atom is -0.298 e. The van der Waals surface area contributed by atoms with Crippen LogP contribution in [0.3, 0.4) is 0 Å². The highest BCUT2D eigenvalue weighted by Crippen LogP contribution is 2.50. The number of rotatable bonds is 4. The molecule has 1 heterocycles. The second-order valence-corrected chi connectivity index (χ2v) is 8.81. The minimum atomic E-state index is 0.313. The number of ketones is 1. The molecule has 0 aromatic carbocycles. The van der Waals surface area contributed by atoms with Crippen molar-refractivity contribution in [3.05, 3.63) is 0 Å². The van der Waals surface area contributed by atoms with Crippen LogP contribution in [0.5, 0.6) is 0 Å². The van der Waals surface area contributed by atoms with Gasteiger partial charge >= 0.3 is 0 Å². The molecule has 0 N–H and O–H groups in total. The lowest BCUT2D eigenvalue weighted by Crippen LogP contribution is -2.34. The molecular formula is C15H24OS2. The summed E-state index contributed by atoms with van der Waals surface area (Å²) >= 11 is 3.97. The number of carbonyl (C=O) groups excluding carboxylic acids is 1. The predicted octanol–water partition coefficient (Wildman–Crippen LogP) is 4.01. The van der Waals surface area contributed by atoms with Gasteiger partial charge in [-0.05, 0) is 43.4 Å². The zero-order chi connectivity index (χ0) is 12.5. The Morgan fingerprint density at radius 2 is 2.00 bits per heavy atom. The Kier molecular flexibility index (Phi) is 4.29. The Morgan fingerprint density at radius 3 is 2.67 bits per heavy atom. The molecule has 102 valence electrons. The monoisotopic (exact) mass is 284 g/mol. The van der Waals surface area contributed by atoms with E-state index < -0.39 is 0 Å². The van der Waals surface area contributed by atoms with Gasteiger partial charge in [0.05, 0.1) is 5.25 Å². The first-order chi connectivity index (χ1) is 8.78. The molecule has 1 nitrogen and oxygen atoms in total. The van der Waals surface area contributed by atoms with Gasteiger partial charge in [-0.1, -0.05) is 13.3 Å². The molecule has 18 heavy (non-hydrogen) atoms. The molecule has 0 radical (unpaired) electrons. The van der Waals surface area contributed by atoms with Crippen molar-refractivity contribution < 1.29 is 4.79 Å². The summed E-state index contributed by atoms with van der Waals surface area (Å²) in [5, 5.41) is 0.905. The summed E-state index contributed by atoms with van der Waals surface area (Å²) < 4.78 is 0. The molecule has 2 saturated carbocycles. The van der Waals surface area contributed by atoms with Gasteiger partial charge in [0.25, 0.3) is 0 Å². The first-order valence-electron chi connectivity index (χ1n) is 7.53. The normalized spacial score (nSPS) is 43.3. The van der Waals surface area contributed by atoms with Crippen molar-refractivity contribution in [1.29, 1.82) is 0 Å². The summed E-state index contributed by atoms with van der Waals surface area (Å²) in [7, 11) is 0. The van der Waals surface area contributed by atoms with Crippen molar-refractivity contribution in [2.45, 2.75) is 55.9 Å². The van der Waals surface area contributed by atoms with Crippen LogP contribution in [-0.4, -0.2) is 27.8 Å². The van der Waals surface area contributed by atoms with Crippen molar-refractivity contribution in [3.8, 4) is 0 Å². The van der Waals surface area contributed by atoms with Gasteiger partial charge in [-0.3, -0.25) is 4.79 Å². The maximum absolute atomic E-state index is 12.6. The Balaban J connectivity index is 1.57. The van der Waals surface area contributed by atoms with Gasteiger partial charge < -0.3 is 0 Å². The highest BCUT2D eigenvalue weighted by atomic mass is 32.2. The maximum atomic E-state index is 12.6. The first-order valence-corrected chi connectivity index (χ1v) is 9.63. The maximum Gasteiger partial charge on any atom is 0.147 e. The fourth-order valence-electron chi connectivity index (χ4n) is 4.20. The SMILES string of the molecule is CCC1SCCSC1C(=O)CC1CC2CCC1C2. The summed E-state index contributed by atoms with van der Waals surface area (Å²) in [6, 6.07) is 0. The number of Topliss-reactive ketones (excluding diaryl/α,β-unsaturated/α-hetero) is 1. The molecule has 3 fully saturated rings. The summed E-state index contributed by atoms with van der Waals surface area (Å²) in [4.78, 5) is 12.6. The van der Waals surface area contributed by atoms with E-state index in [0.29, 0.717) is 16.3 Å². The van der Waals surface area contributed by atoms with Gasteiger partial charge in [0.2, 0.25) is 0 Å². The van der Waals surface area contributed by atoms with Gasteiger partial charge in [0, 0.05) is 23.2 Å². The third kappa shape index (κ3) is 2.63. The van der Waals surface area contributed by atoms with Crippen LogP contribution in [0.1, 0.15) is 45.4 Å². The van der Waals surface area contributed by atoms with E-state index in [9.17, 15) is 4.79 Å². The van der Waals surface area contributed by atoms with Crippen molar-refractivity contribution in [1.82, 2.24) is 0 Å². The Morgan fingerprint density at radius 1 is 1.17 bits per heavy atom. The molecule has 1 aliphatic heterocycles. The van der Waals surface area contributed by atoms with Crippen LogP contribution in [0, 0.1) is 17.8 Å². The Bertz CT molecular complexity index is 318. The van der Waals surface area contributed by atoms with Crippen LogP contribution >= 0.6 is 23.5 Å². The van der Waals surface area contributed by atoms with Crippen LogP contribution in [0.2, 0.25) is 0 Å². The van der Waals surface area contributed by atoms with E-state index in [-0.39, 0.29) is 0 Å². The molecule has 0 aromatic rings. The summed E-state index contributed by atoms with van der Waals surface area (Å²) in [6.45, 7) is 2.24. The van der Waals surface area contributed by atoms with E-state index in [1.54, 1.807) is 0 Å². The second kappa shape index (κ2) is 5.78. The molecule has 3 aliphatic rings. The highest BCUT2D eigenvalue weighted by Gasteiger charge is 2.41. The molecule has 5 atom stereocenters. The quantitative estimate of drug-likeness (QED) is 0.776. The molecule has 0 amide bonds. The number of hydrogen-bond acceptors (Lipinski definition) is 3. The lowest BCUT2D eigenvalue weighted by Gasteiger charge is -2.30. The van der Waals surface area contributed by atoms with Crippen LogP contribution < -0.4 is 0 Å². The molecule has 2 bridgehead atoms. The standard InChI is InChI=1S/C15H24OS2/c1-2-14-15(18-6-5-17-14)13(16)9-12-8-10-3-4-11(12)7-10/h10-12,14-15H,2-9H2,1H3. The molecule has 3 heteroatoms. The van der Waals surface area contributed by atoms with E-state index in [2.05, 4.69) is 6.92 Å². The smallest absolute Gasteiger partial charge is 0.147 e. The van der Waals surface area contributed by atoms with E-state index in [1.807, 2.05) is 23.5 Å². The van der Waals surface area contributed by atoms with Crippen molar-refractivity contribution in [2.75, 3.05) is 11.5 Å². The summed E-state index contributed by atoms with van der Waals surface area (Å²) in [6.07, 6.45) is 7.70. The lowest BCUT2D eigenvalue weighted by molar-refractivity contribution is -0.119. The number of thioether (sulfide) groups is 2. The predicted molar refractivity (Wildman–Crippen MR) is 81.3 cm³/mol. The van der Waals surface area contributed by atoms with Crippen LogP contribution in [-0.2, 0) is 4.79 Å². The highest BCUT2D eigenvalue weighted by molar-refractivity contribution is 8.07. The molecule has 0 aromatic heterocycles. The van der Waals surface area contributed by atoms with Crippen LogP contribution in [0.4, 0.5) is 0 Å². The molecule has 2 aliphatic carbocycles. The van der Waals surface area contributed by atoms with Gasteiger partial charge in [-0.2, -0.15) is 11.8 Å². The topological polar surface area (TPSA) is 17.1 Å². The molecule has 1 saturated heterocycles. The average molecular weight is 284 g/mol. The zero-order valence-electron chi connectivity index (χ0n) is 11.3. The van der Waals surface area contributed by atoms with Crippen LogP contribution in [0.25, 0.3) is 0 Å². The Labute approximate surface area is 119 Å². The molecule has 3 rings (SSSR count). The molecule has 5 unspecified atom stereocenters. The van der Waals surface area contributed by atoms with E-state index in [1.165, 1.54) is 37.2 Å². The number of hydrogen-bond donors (Lipinski definition) is 0. The third-order valence-corrected chi connectivity index (χ3v) is 8.41. The largest absolute Gasteiger partial charge is 0.298 e. The lowest BCUT2D eigenvalue weighted by atomic mass is 9.84. The molecule has 0 spiro atoms. The fourth-order valence-corrected chi connectivity index (χ4v) is 7.25. The summed E-state index contributed by atoms with van der Waals surface area (Å²) in [5.74, 6) is 5.62. The Hall–Kier alpha value is 0.370. The van der Waals surface area contributed by atoms with Crippen molar-refractivity contribution in [2.24, 2.45) is 17.8 Å².